The minimum atomic E-state index is 0.0874. The summed E-state index contributed by atoms with van der Waals surface area (Å²) in [7, 11) is 0. The lowest BCUT2D eigenvalue weighted by atomic mass is 9.98. The van der Waals surface area contributed by atoms with Gasteiger partial charge in [0.1, 0.15) is 0 Å². The zero-order chi connectivity index (χ0) is 13.9. The van der Waals surface area contributed by atoms with Gasteiger partial charge < -0.3 is 10.4 Å². The average Bonchev–Trinajstić information content (AvgIpc) is 2.86. The molecule has 1 aromatic carbocycles. The van der Waals surface area contributed by atoms with E-state index in [-0.39, 0.29) is 12.0 Å². The maximum Gasteiger partial charge on any atom is 0.0981 e. The highest BCUT2D eigenvalue weighted by molar-refractivity contribution is 7.11. The van der Waals surface area contributed by atoms with Crippen molar-refractivity contribution in [3.8, 4) is 0 Å². The maximum absolute atomic E-state index is 8.99. The fourth-order valence-corrected chi connectivity index (χ4v) is 2.56. The van der Waals surface area contributed by atoms with E-state index in [4.69, 9.17) is 5.11 Å². The molecular formula is C15H20N2OS. The van der Waals surface area contributed by atoms with Crippen molar-refractivity contribution in [2.24, 2.45) is 0 Å². The van der Waals surface area contributed by atoms with E-state index >= 15 is 0 Å². The molecule has 0 unspecified atom stereocenters. The molecule has 0 aliphatic heterocycles. The van der Waals surface area contributed by atoms with Crippen LogP contribution in [0.5, 0.6) is 0 Å². The second-order valence-corrected chi connectivity index (χ2v) is 6.71. The molecule has 1 aromatic heterocycles. The molecule has 1 heterocycles. The molecule has 19 heavy (non-hydrogen) atoms. The minimum absolute atomic E-state index is 0.0874. The molecule has 2 rings (SSSR count). The van der Waals surface area contributed by atoms with Crippen molar-refractivity contribution >= 4 is 17.0 Å². The number of aliphatic hydroxyl groups is 1. The molecular weight excluding hydrogens is 256 g/mol. The number of benzene rings is 1. The van der Waals surface area contributed by atoms with Crippen molar-refractivity contribution in [3.63, 3.8) is 0 Å². The monoisotopic (exact) mass is 276 g/mol. The number of nitrogens with zero attached hydrogens (tertiary/aromatic N) is 1. The van der Waals surface area contributed by atoms with Crippen molar-refractivity contribution < 1.29 is 5.11 Å². The SMILES string of the molecule is CC(C)(C)c1ncc(CNc2ccc(CO)cc2)s1. The zero-order valence-electron chi connectivity index (χ0n) is 11.6. The maximum atomic E-state index is 8.99. The highest BCUT2D eigenvalue weighted by atomic mass is 32.1. The Morgan fingerprint density at radius 2 is 1.89 bits per heavy atom. The van der Waals surface area contributed by atoms with E-state index in [0.717, 1.165) is 17.8 Å². The van der Waals surface area contributed by atoms with Crippen molar-refractivity contribution in [1.29, 1.82) is 0 Å². The summed E-state index contributed by atoms with van der Waals surface area (Å²) in [4.78, 5) is 5.71. The molecule has 102 valence electrons. The first-order valence-corrected chi connectivity index (χ1v) is 7.19. The highest BCUT2D eigenvalue weighted by Gasteiger charge is 2.17. The molecule has 0 amide bonds. The standard InChI is InChI=1S/C15H20N2OS/c1-15(2,3)14-17-9-13(19-14)8-16-12-6-4-11(10-18)5-7-12/h4-7,9,16,18H,8,10H2,1-3H3. The molecule has 0 radical (unpaired) electrons. The Hall–Kier alpha value is -1.39. The fourth-order valence-electron chi connectivity index (χ4n) is 1.65. The van der Waals surface area contributed by atoms with Gasteiger partial charge in [-0.1, -0.05) is 32.9 Å². The molecule has 3 nitrogen and oxygen atoms in total. The van der Waals surface area contributed by atoms with Crippen LogP contribution in [0.1, 0.15) is 36.2 Å². The van der Waals surface area contributed by atoms with E-state index in [1.165, 1.54) is 9.88 Å². The topological polar surface area (TPSA) is 45.2 Å². The summed E-state index contributed by atoms with van der Waals surface area (Å²) < 4.78 is 0. The summed E-state index contributed by atoms with van der Waals surface area (Å²) in [5.41, 5.74) is 2.10. The number of rotatable bonds is 4. The lowest BCUT2D eigenvalue weighted by Gasteiger charge is -2.13. The van der Waals surface area contributed by atoms with Crippen LogP contribution in [0.15, 0.2) is 30.5 Å². The molecule has 0 bridgehead atoms. The van der Waals surface area contributed by atoms with Crippen LogP contribution >= 0.6 is 11.3 Å². The van der Waals surface area contributed by atoms with Gasteiger partial charge in [-0.3, -0.25) is 0 Å². The summed E-state index contributed by atoms with van der Waals surface area (Å²) >= 11 is 1.75. The first kappa shape index (κ1) is 14.0. The van der Waals surface area contributed by atoms with Gasteiger partial charge in [0.2, 0.25) is 0 Å². The van der Waals surface area contributed by atoms with Crippen LogP contribution < -0.4 is 5.32 Å². The van der Waals surface area contributed by atoms with Crippen LogP contribution in [0.4, 0.5) is 5.69 Å². The van der Waals surface area contributed by atoms with Gasteiger partial charge in [0.05, 0.1) is 18.2 Å². The van der Waals surface area contributed by atoms with Gasteiger partial charge >= 0.3 is 0 Å². The summed E-state index contributed by atoms with van der Waals surface area (Å²) in [5, 5.41) is 13.5. The van der Waals surface area contributed by atoms with Crippen molar-refractivity contribution in [3.05, 3.63) is 45.9 Å². The summed E-state index contributed by atoms with van der Waals surface area (Å²) in [6.07, 6.45) is 1.94. The second-order valence-electron chi connectivity index (χ2n) is 5.59. The first-order valence-electron chi connectivity index (χ1n) is 6.38. The van der Waals surface area contributed by atoms with Gasteiger partial charge in [-0.2, -0.15) is 0 Å². The van der Waals surface area contributed by atoms with Gasteiger partial charge in [-0.25, -0.2) is 4.98 Å². The highest BCUT2D eigenvalue weighted by Crippen LogP contribution is 2.27. The molecule has 0 saturated carbocycles. The molecule has 2 aromatic rings. The van der Waals surface area contributed by atoms with Crippen LogP contribution in [0.3, 0.4) is 0 Å². The summed E-state index contributed by atoms with van der Waals surface area (Å²) in [5.74, 6) is 0. The molecule has 4 heteroatoms. The van der Waals surface area contributed by atoms with Crippen LogP contribution in [0.2, 0.25) is 0 Å². The Bertz CT molecular complexity index is 526. The Morgan fingerprint density at radius 1 is 1.21 bits per heavy atom. The number of hydrogen-bond donors (Lipinski definition) is 2. The summed E-state index contributed by atoms with van der Waals surface area (Å²) in [6, 6.07) is 7.82. The second kappa shape index (κ2) is 5.72. The average molecular weight is 276 g/mol. The number of nitrogens with one attached hydrogen (secondary N) is 1. The fraction of sp³-hybridized carbons (Fsp3) is 0.400. The van der Waals surface area contributed by atoms with Gasteiger partial charge in [0.15, 0.2) is 0 Å². The number of thiazole rings is 1. The Morgan fingerprint density at radius 3 is 2.42 bits per heavy atom. The Balaban J connectivity index is 1.96. The zero-order valence-corrected chi connectivity index (χ0v) is 12.4. The van der Waals surface area contributed by atoms with Crippen LogP contribution in [0, 0.1) is 0 Å². The molecule has 2 N–H and O–H groups in total. The third-order valence-corrected chi connectivity index (χ3v) is 4.22. The van der Waals surface area contributed by atoms with Crippen LogP contribution in [0.25, 0.3) is 0 Å². The van der Waals surface area contributed by atoms with E-state index in [0.29, 0.717) is 0 Å². The smallest absolute Gasteiger partial charge is 0.0981 e. The number of aliphatic hydroxyl groups excluding tert-OH is 1. The van der Waals surface area contributed by atoms with Gasteiger partial charge in [-0.05, 0) is 17.7 Å². The van der Waals surface area contributed by atoms with E-state index in [2.05, 4.69) is 31.1 Å². The Labute approximate surface area is 118 Å². The number of hydrogen-bond acceptors (Lipinski definition) is 4. The molecule has 0 saturated heterocycles. The van der Waals surface area contributed by atoms with E-state index in [1.807, 2.05) is 30.5 Å². The van der Waals surface area contributed by atoms with Crippen molar-refractivity contribution in [2.45, 2.75) is 39.3 Å². The number of aromatic nitrogens is 1. The van der Waals surface area contributed by atoms with Crippen molar-refractivity contribution in [1.82, 2.24) is 4.98 Å². The lowest BCUT2D eigenvalue weighted by molar-refractivity contribution is 0.282. The van der Waals surface area contributed by atoms with Gasteiger partial charge in [0, 0.05) is 22.2 Å². The minimum Gasteiger partial charge on any atom is -0.392 e. The van der Waals surface area contributed by atoms with E-state index in [1.54, 1.807) is 11.3 Å². The van der Waals surface area contributed by atoms with Gasteiger partial charge in [-0.15, -0.1) is 11.3 Å². The third-order valence-electron chi connectivity index (χ3n) is 2.80. The molecule has 0 aliphatic carbocycles. The predicted molar refractivity (Wildman–Crippen MR) is 80.5 cm³/mol. The molecule has 0 aliphatic rings. The van der Waals surface area contributed by atoms with Crippen LogP contribution in [-0.2, 0) is 18.6 Å². The van der Waals surface area contributed by atoms with Gasteiger partial charge in [0.25, 0.3) is 0 Å². The van der Waals surface area contributed by atoms with Crippen LogP contribution in [-0.4, -0.2) is 10.1 Å². The lowest BCUT2D eigenvalue weighted by Crippen LogP contribution is -2.09. The molecule has 0 spiro atoms. The predicted octanol–water partition coefficient (Wildman–Crippen LogP) is 3.55. The molecule has 0 atom stereocenters. The Kier molecular flexibility index (Phi) is 4.22. The molecule has 0 fully saturated rings. The number of anilines is 1. The first-order chi connectivity index (χ1) is 8.99. The normalized spacial score (nSPS) is 11.6. The van der Waals surface area contributed by atoms with Crippen molar-refractivity contribution in [2.75, 3.05) is 5.32 Å². The third kappa shape index (κ3) is 3.78. The summed E-state index contributed by atoms with van der Waals surface area (Å²) in [6.45, 7) is 7.40. The van der Waals surface area contributed by atoms with E-state index < -0.39 is 0 Å². The largest absolute Gasteiger partial charge is 0.392 e. The quantitative estimate of drug-likeness (QED) is 0.897. The van der Waals surface area contributed by atoms with E-state index in [9.17, 15) is 0 Å².